The maximum absolute atomic E-state index is 2.36. The van der Waals surface area contributed by atoms with E-state index in [9.17, 15) is 0 Å². The van der Waals surface area contributed by atoms with E-state index in [4.69, 9.17) is 0 Å². The Morgan fingerprint density at radius 2 is 0.920 bits per heavy atom. The highest BCUT2D eigenvalue weighted by molar-refractivity contribution is 5.54. The zero-order valence-corrected chi connectivity index (χ0v) is 14.3. The van der Waals surface area contributed by atoms with Gasteiger partial charge in [-0.1, -0.05) is 103 Å². The predicted octanol–water partition coefficient (Wildman–Crippen LogP) is 5.92. The number of hydrogen-bond acceptors (Lipinski definition) is 1. The largest absolute Gasteiger partial charge is 0.364 e. The molecule has 0 radical (unpaired) electrons. The first-order valence-electron chi connectivity index (χ1n) is 8.65. The van der Waals surface area contributed by atoms with Crippen molar-refractivity contribution in [1.29, 1.82) is 0 Å². The molecule has 0 saturated carbocycles. The molecule has 0 heterocycles. The molecule has 0 N–H and O–H groups in total. The van der Waals surface area contributed by atoms with Crippen molar-refractivity contribution in [1.82, 2.24) is 0 Å². The summed E-state index contributed by atoms with van der Waals surface area (Å²) in [5, 5.41) is 0. The second kappa shape index (κ2) is 9.29. The molecule has 124 valence electrons. The van der Waals surface area contributed by atoms with Crippen LogP contribution in [0.2, 0.25) is 0 Å². The molecule has 0 aliphatic carbocycles. The van der Waals surface area contributed by atoms with Crippen LogP contribution in [0, 0.1) is 0 Å². The van der Waals surface area contributed by atoms with E-state index in [1.54, 1.807) is 0 Å². The van der Waals surface area contributed by atoms with E-state index in [-0.39, 0.29) is 0 Å². The summed E-state index contributed by atoms with van der Waals surface area (Å²) in [5.74, 6) is 0. The van der Waals surface area contributed by atoms with E-state index in [2.05, 4.69) is 108 Å². The van der Waals surface area contributed by atoms with E-state index in [1.165, 1.54) is 16.8 Å². The van der Waals surface area contributed by atoms with Gasteiger partial charge in [-0.15, -0.1) is 0 Å². The summed E-state index contributed by atoms with van der Waals surface area (Å²) in [4.78, 5) is 2.36. The summed E-state index contributed by atoms with van der Waals surface area (Å²) < 4.78 is 0. The quantitative estimate of drug-likeness (QED) is 0.521. The van der Waals surface area contributed by atoms with Gasteiger partial charge in [-0.05, 0) is 23.3 Å². The minimum absolute atomic E-state index is 0.873. The van der Waals surface area contributed by atoms with Crippen molar-refractivity contribution in [2.24, 2.45) is 0 Å². The Morgan fingerprint density at radius 1 is 0.520 bits per heavy atom. The summed E-state index contributed by atoms with van der Waals surface area (Å²) in [6.07, 6.45) is 8.80. The van der Waals surface area contributed by atoms with Crippen molar-refractivity contribution < 1.29 is 0 Å². The monoisotopic (exact) mass is 325 g/mol. The van der Waals surface area contributed by atoms with E-state index < -0.39 is 0 Å². The zero-order valence-electron chi connectivity index (χ0n) is 14.3. The van der Waals surface area contributed by atoms with Crippen molar-refractivity contribution in [2.45, 2.75) is 0 Å². The third kappa shape index (κ3) is 5.50. The normalized spacial score (nSPS) is 11.2. The van der Waals surface area contributed by atoms with Crippen LogP contribution in [0.15, 0.2) is 103 Å². The SMILES string of the molecule is C(=Cc1ccccc1)CN(C/C=C/c1ccccc1)c1ccccc1. The van der Waals surface area contributed by atoms with E-state index in [0.717, 1.165) is 13.1 Å². The fourth-order valence-electron chi connectivity index (χ4n) is 2.68. The van der Waals surface area contributed by atoms with Crippen molar-refractivity contribution in [3.8, 4) is 0 Å². The molecule has 0 unspecified atom stereocenters. The lowest BCUT2D eigenvalue weighted by molar-refractivity contribution is 0.958. The van der Waals surface area contributed by atoms with Crippen molar-refractivity contribution in [3.63, 3.8) is 0 Å². The second-order valence-corrected chi connectivity index (χ2v) is 5.87. The fourth-order valence-corrected chi connectivity index (χ4v) is 2.68. The lowest BCUT2D eigenvalue weighted by Gasteiger charge is -2.21. The molecular weight excluding hydrogens is 302 g/mol. The fraction of sp³-hybridized carbons (Fsp3) is 0.0833. The smallest absolute Gasteiger partial charge is 0.0371 e. The Balaban J connectivity index is 1.67. The van der Waals surface area contributed by atoms with Crippen LogP contribution in [0.1, 0.15) is 11.1 Å². The van der Waals surface area contributed by atoms with Crippen LogP contribution >= 0.6 is 0 Å². The van der Waals surface area contributed by atoms with Gasteiger partial charge in [0, 0.05) is 18.8 Å². The first-order chi connectivity index (χ1) is 12.4. The van der Waals surface area contributed by atoms with Gasteiger partial charge in [-0.25, -0.2) is 0 Å². The highest BCUT2D eigenvalue weighted by Crippen LogP contribution is 2.14. The van der Waals surface area contributed by atoms with Gasteiger partial charge < -0.3 is 4.90 Å². The second-order valence-electron chi connectivity index (χ2n) is 5.87. The van der Waals surface area contributed by atoms with E-state index in [1.807, 2.05) is 12.1 Å². The highest BCUT2D eigenvalue weighted by atomic mass is 15.1. The third-order valence-corrected chi connectivity index (χ3v) is 3.99. The third-order valence-electron chi connectivity index (χ3n) is 3.99. The lowest BCUT2D eigenvalue weighted by atomic mass is 10.2. The van der Waals surface area contributed by atoms with Gasteiger partial charge in [0.05, 0.1) is 0 Å². The summed E-state index contributed by atoms with van der Waals surface area (Å²) in [7, 11) is 0. The topological polar surface area (TPSA) is 3.24 Å². The van der Waals surface area contributed by atoms with Crippen LogP contribution in [0.5, 0.6) is 0 Å². The van der Waals surface area contributed by atoms with Crippen LogP contribution in [-0.4, -0.2) is 13.1 Å². The van der Waals surface area contributed by atoms with Gasteiger partial charge >= 0.3 is 0 Å². The number of hydrogen-bond donors (Lipinski definition) is 0. The number of nitrogens with zero attached hydrogens (tertiary/aromatic N) is 1. The molecule has 3 aromatic rings. The van der Waals surface area contributed by atoms with Gasteiger partial charge in [0.1, 0.15) is 0 Å². The molecule has 0 amide bonds. The molecule has 1 nitrogen and oxygen atoms in total. The predicted molar refractivity (Wildman–Crippen MR) is 110 cm³/mol. The first-order valence-corrected chi connectivity index (χ1v) is 8.65. The Labute approximate surface area is 150 Å². The first kappa shape index (κ1) is 16.8. The van der Waals surface area contributed by atoms with E-state index in [0.29, 0.717) is 0 Å². The molecule has 3 rings (SSSR count). The summed E-state index contributed by atoms with van der Waals surface area (Å²) in [6.45, 7) is 1.75. The summed E-state index contributed by atoms with van der Waals surface area (Å²) in [5.41, 5.74) is 3.70. The molecule has 0 saturated heterocycles. The Hall–Kier alpha value is -3.06. The minimum Gasteiger partial charge on any atom is -0.364 e. The van der Waals surface area contributed by atoms with Gasteiger partial charge in [0.25, 0.3) is 0 Å². The maximum Gasteiger partial charge on any atom is 0.0371 e. The van der Waals surface area contributed by atoms with Crippen LogP contribution in [0.4, 0.5) is 5.69 Å². The van der Waals surface area contributed by atoms with Gasteiger partial charge in [0.2, 0.25) is 0 Å². The van der Waals surface area contributed by atoms with Gasteiger partial charge in [0.15, 0.2) is 0 Å². The van der Waals surface area contributed by atoms with Crippen LogP contribution < -0.4 is 4.90 Å². The molecule has 0 spiro atoms. The summed E-state index contributed by atoms with van der Waals surface area (Å²) in [6, 6.07) is 31.4. The molecule has 3 aromatic carbocycles. The van der Waals surface area contributed by atoms with Crippen LogP contribution in [-0.2, 0) is 0 Å². The molecule has 1 heteroatoms. The number of benzene rings is 3. The molecule has 25 heavy (non-hydrogen) atoms. The van der Waals surface area contributed by atoms with Crippen LogP contribution in [0.3, 0.4) is 0 Å². The molecule has 0 aromatic heterocycles. The standard InChI is InChI=1S/C24H23N/c1-4-12-22(13-5-1)16-10-20-25(24-18-8-3-9-19-24)21-11-17-23-14-6-2-7-15-23/h1-19H,20-21H2/b16-10+,17-11?. The number of para-hydroxylation sites is 1. The Kier molecular flexibility index (Phi) is 6.24. The molecule has 0 fully saturated rings. The Bertz CT molecular complexity index is 738. The molecule has 0 atom stereocenters. The summed E-state index contributed by atoms with van der Waals surface area (Å²) >= 11 is 0. The van der Waals surface area contributed by atoms with Gasteiger partial charge in [-0.2, -0.15) is 0 Å². The van der Waals surface area contributed by atoms with Crippen molar-refractivity contribution in [2.75, 3.05) is 18.0 Å². The highest BCUT2D eigenvalue weighted by Gasteiger charge is 2.01. The van der Waals surface area contributed by atoms with Crippen molar-refractivity contribution >= 4 is 17.8 Å². The molecule has 0 aliphatic heterocycles. The molecule has 0 aliphatic rings. The number of anilines is 1. The van der Waals surface area contributed by atoms with Crippen molar-refractivity contribution in [3.05, 3.63) is 114 Å². The molecule has 0 bridgehead atoms. The molecular formula is C24H23N. The number of rotatable bonds is 7. The maximum atomic E-state index is 2.36. The Morgan fingerprint density at radius 3 is 1.36 bits per heavy atom. The average Bonchev–Trinajstić information content (AvgIpc) is 2.69. The van der Waals surface area contributed by atoms with Gasteiger partial charge in [-0.3, -0.25) is 0 Å². The zero-order chi connectivity index (χ0) is 17.2. The van der Waals surface area contributed by atoms with Crippen LogP contribution in [0.25, 0.3) is 12.2 Å². The lowest BCUT2D eigenvalue weighted by Crippen LogP contribution is -2.23. The average molecular weight is 325 g/mol. The minimum atomic E-state index is 0.873. The van der Waals surface area contributed by atoms with E-state index >= 15 is 0 Å².